The Morgan fingerprint density at radius 3 is 2.02 bits per heavy atom. The molecule has 0 heterocycles. The van der Waals surface area contributed by atoms with Gasteiger partial charge in [-0.25, -0.2) is 0 Å². The SMILES string of the molecule is C=CCOc1ccc(-c2cc(C(C)(C)CC)ccc2-c2ccc(C(C)(CC)CC)cc2CCCCC=C(C)C)cc1. The van der Waals surface area contributed by atoms with Crippen LogP contribution in [0.4, 0.5) is 0 Å². The molecule has 0 atom stereocenters. The van der Waals surface area contributed by atoms with Gasteiger partial charge in [0.15, 0.2) is 0 Å². The molecular formula is C40H54O. The highest BCUT2D eigenvalue weighted by molar-refractivity contribution is 5.86. The van der Waals surface area contributed by atoms with Crippen molar-refractivity contribution in [1.82, 2.24) is 0 Å². The molecular weight excluding hydrogens is 496 g/mol. The van der Waals surface area contributed by atoms with E-state index in [4.69, 9.17) is 4.74 Å². The quantitative estimate of drug-likeness (QED) is 0.135. The highest BCUT2D eigenvalue weighted by Gasteiger charge is 2.25. The molecule has 0 aliphatic rings. The Hall–Kier alpha value is -3.06. The average molecular weight is 551 g/mol. The van der Waals surface area contributed by atoms with Gasteiger partial charge in [0, 0.05) is 0 Å². The van der Waals surface area contributed by atoms with Gasteiger partial charge in [-0.1, -0.05) is 108 Å². The predicted octanol–water partition coefficient (Wildman–Crippen LogP) is 12.0. The van der Waals surface area contributed by atoms with Crippen LogP contribution in [-0.4, -0.2) is 6.61 Å². The predicted molar refractivity (Wildman–Crippen MR) is 181 cm³/mol. The molecule has 0 saturated carbocycles. The van der Waals surface area contributed by atoms with Crippen molar-refractivity contribution in [3.05, 3.63) is 102 Å². The molecule has 220 valence electrons. The van der Waals surface area contributed by atoms with Gasteiger partial charge < -0.3 is 4.74 Å². The minimum Gasteiger partial charge on any atom is -0.490 e. The Labute approximate surface area is 251 Å². The first-order valence-corrected chi connectivity index (χ1v) is 15.8. The second kappa shape index (κ2) is 14.7. The normalized spacial score (nSPS) is 11.8. The van der Waals surface area contributed by atoms with Gasteiger partial charge in [-0.3, -0.25) is 0 Å². The number of allylic oxidation sites excluding steroid dienone is 2. The minimum atomic E-state index is 0.113. The molecule has 0 unspecified atom stereocenters. The summed E-state index contributed by atoms with van der Waals surface area (Å²) in [4.78, 5) is 0. The van der Waals surface area contributed by atoms with Crippen LogP contribution in [0.2, 0.25) is 0 Å². The second-order valence-electron chi connectivity index (χ2n) is 12.8. The summed E-state index contributed by atoms with van der Waals surface area (Å²) in [7, 11) is 0. The van der Waals surface area contributed by atoms with Gasteiger partial charge in [-0.2, -0.15) is 0 Å². The van der Waals surface area contributed by atoms with E-state index in [2.05, 4.69) is 129 Å². The van der Waals surface area contributed by atoms with Gasteiger partial charge in [0.25, 0.3) is 0 Å². The molecule has 0 aromatic heterocycles. The van der Waals surface area contributed by atoms with Crippen LogP contribution in [0.5, 0.6) is 5.75 Å². The first kappa shape index (κ1) is 32.5. The molecule has 0 bridgehead atoms. The van der Waals surface area contributed by atoms with Gasteiger partial charge >= 0.3 is 0 Å². The number of aryl methyl sites for hydroxylation is 1. The van der Waals surface area contributed by atoms with Gasteiger partial charge in [0.2, 0.25) is 0 Å². The first-order valence-electron chi connectivity index (χ1n) is 15.8. The third kappa shape index (κ3) is 8.25. The summed E-state index contributed by atoms with van der Waals surface area (Å²) in [6.45, 7) is 22.7. The van der Waals surface area contributed by atoms with Crippen LogP contribution in [0.25, 0.3) is 22.3 Å². The summed E-state index contributed by atoms with van der Waals surface area (Å²) in [5, 5.41) is 0. The van der Waals surface area contributed by atoms with Crippen molar-refractivity contribution in [2.75, 3.05) is 6.61 Å². The number of ether oxygens (including phenoxy) is 1. The molecule has 0 spiro atoms. The van der Waals surface area contributed by atoms with Crippen LogP contribution < -0.4 is 4.74 Å². The number of hydrogen-bond acceptors (Lipinski definition) is 1. The molecule has 0 aliphatic carbocycles. The Morgan fingerprint density at radius 1 is 0.756 bits per heavy atom. The van der Waals surface area contributed by atoms with E-state index in [0.29, 0.717) is 6.61 Å². The zero-order valence-electron chi connectivity index (χ0n) is 27.2. The van der Waals surface area contributed by atoms with Crippen molar-refractivity contribution in [2.24, 2.45) is 0 Å². The standard InChI is InChI=1S/C40H54O/c1-10-27-41-35-23-19-31(20-24-35)38-29-33(39(7,8)11-2)21-26-37(38)36-25-22-34(40(9,12-3)13-4)28-32(36)18-16-14-15-17-30(5)6/h10,17,19-26,28-29H,1,11-16,18,27H2,2-9H3. The molecule has 0 amide bonds. The van der Waals surface area contributed by atoms with Crippen LogP contribution >= 0.6 is 0 Å². The van der Waals surface area contributed by atoms with E-state index in [-0.39, 0.29) is 10.8 Å². The molecule has 0 radical (unpaired) electrons. The van der Waals surface area contributed by atoms with E-state index >= 15 is 0 Å². The summed E-state index contributed by atoms with van der Waals surface area (Å²) in [5.74, 6) is 0.875. The van der Waals surface area contributed by atoms with Gasteiger partial charge in [-0.05, 0) is 127 Å². The summed E-state index contributed by atoms with van der Waals surface area (Å²) in [6.07, 6.45) is 12.2. The van der Waals surface area contributed by atoms with Crippen LogP contribution in [0, 0.1) is 0 Å². The van der Waals surface area contributed by atoms with E-state index in [9.17, 15) is 0 Å². The van der Waals surface area contributed by atoms with E-state index < -0.39 is 0 Å². The monoisotopic (exact) mass is 550 g/mol. The number of rotatable bonds is 15. The molecule has 0 fully saturated rings. The number of hydrogen-bond donors (Lipinski definition) is 0. The molecule has 0 saturated heterocycles. The Bertz CT molecular complexity index is 1300. The lowest BCUT2D eigenvalue weighted by Gasteiger charge is -2.29. The van der Waals surface area contributed by atoms with E-state index in [1.165, 1.54) is 57.4 Å². The fraction of sp³-hybridized carbons (Fsp3) is 0.450. The highest BCUT2D eigenvalue weighted by atomic mass is 16.5. The van der Waals surface area contributed by atoms with Crippen molar-refractivity contribution in [3.8, 4) is 28.0 Å². The maximum absolute atomic E-state index is 5.80. The van der Waals surface area contributed by atoms with Crippen molar-refractivity contribution in [2.45, 2.75) is 111 Å². The van der Waals surface area contributed by atoms with Crippen LogP contribution in [-0.2, 0) is 17.3 Å². The zero-order chi connectivity index (χ0) is 30.0. The van der Waals surface area contributed by atoms with Gasteiger partial charge in [-0.15, -0.1) is 0 Å². The fourth-order valence-electron chi connectivity index (χ4n) is 5.48. The smallest absolute Gasteiger partial charge is 0.119 e. The van der Waals surface area contributed by atoms with Crippen LogP contribution in [0.15, 0.2) is 85.0 Å². The Morgan fingerprint density at radius 2 is 1.41 bits per heavy atom. The van der Waals surface area contributed by atoms with Crippen LogP contribution in [0.3, 0.4) is 0 Å². The third-order valence-corrected chi connectivity index (χ3v) is 9.32. The topological polar surface area (TPSA) is 9.23 Å². The third-order valence-electron chi connectivity index (χ3n) is 9.32. The lowest BCUT2D eigenvalue weighted by molar-refractivity contribution is 0.363. The summed E-state index contributed by atoms with van der Waals surface area (Å²) >= 11 is 0. The van der Waals surface area contributed by atoms with Crippen LogP contribution in [0.1, 0.15) is 111 Å². The zero-order valence-corrected chi connectivity index (χ0v) is 27.2. The number of unbranched alkanes of at least 4 members (excludes halogenated alkanes) is 2. The highest BCUT2D eigenvalue weighted by Crippen LogP contribution is 2.41. The van der Waals surface area contributed by atoms with Crippen molar-refractivity contribution in [1.29, 1.82) is 0 Å². The summed E-state index contributed by atoms with van der Waals surface area (Å²) < 4.78 is 5.80. The van der Waals surface area contributed by atoms with E-state index in [1.807, 2.05) is 0 Å². The molecule has 3 aromatic carbocycles. The molecule has 0 aliphatic heterocycles. The van der Waals surface area contributed by atoms with Crippen molar-refractivity contribution < 1.29 is 4.74 Å². The molecule has 3 rings (SSSR count). The first-order chi connectivity index (χ1) is 19.6. The summed E-state index contributed by atoms with van der Waals surface area (Å²) in [5.41, 5.74) is 11.3. The Kier molecular flexibility index (Phi) is 11.6. The molecule has 1 heteroatoms. The fourth-order valence-corrected chi connectivity index (χ4v) is 5.48. The maximum atomic E-state index is 5.80. The lowest BCUT2D eigenvalue weighted by Crippen LogP contribution is -2.19. The van der Waals surface area contributed by atoms with Crippen molar-refractivity contribution in [3.63, 3.8) is 0 Å². The second-order valence-corrected chi connectivity index (χ2v) is 12.8. The summed E-state index contributed by atoms with van der Waals surface area (Å²) in [6, 6.07) is 23.1. The molecule has 3 aromatic rings. The maximum Gasteiger partial charge on any atom is 0.119 e. The molecule has 0 N–H and O–H groups in total. The van der Waals surface area contributed by atoms with Crippen molar-refractivity contribution >= 4 is 0 Å². The lowest BCUT2D eigenvalue weighted by atomic mass is 9.75. The van der Waals surface area contributed by atoms with E-state index in [1.54, 1.807) is 6.08 Å². The largest absolute Gasteiger partial charge is 0.490 e. The minimum absolute atomic E-state index is 0.113. The number of benzene rings is 3. The van der Waals surface area contributed by atoms with Gasteiger partial charge in [0.05, 0.1) is 0 Å². The molecule has 1 nitrogen and oxygen atoms in total. The van der Waals surface area contributed by atoms with Gasteiger partial charge in [0.1, 0.15) is 12.4 Å². The van der Waals surface area contributed by atoms with E-state index in [0.717, 1.165) is 37.9 Å². The molecule has 41 heavy (non-hydrogen) atoms. The average Bonchev–Trinajstić information content (AvgIpc) is 2.99. The Balaban J connectivity index is 2.16.